The van der Waals surface area contributed by atoms with Crippen molar-refractivity contribution in [2.75, 3.05) is 6.61 Å². The van der Waals surface area contributed by atoms with Gasteiger partial charge in [0.2, 0.25) is 0 Å². The molecular weight excluding hydrogens is 455 g/mol. The molecule has 0 saturated carbocycles. The van der Waals surface area contributed by atoms with E-state index in [1.165, 1.54) is 77.0 Å². The van der Waals surface area contributed by atoms with Crippen molar-refractivity contribution in [1.82, 2.24) is 0 Å². The van der Waals surface area contributed by atoms with Crippen LogP contribution in [0.1, 0.15) is 103 Å². The summed E-state index contributed by atoms with van der Waals surface area (Å²) in [5.41, 5.74) is 0. The number of hydrogen-bond donors (Lipinski definition) is 0. The molecule has 0 aromatic heterocycles. The monoisotopic (exact) mass is 500 g/mol. The summed E-state index contributed by atoms with van der Waals surface area (Å²) < 4.78 is 30.5. The van der Waals surface area contributed by atoms with Crippen LogP contribution in [0.25, 0.3) is 10.8 Å². The van der Waals surface area contributed by atoms with E-state index in [1.54, 1.807) is 12.1 Å². The SMILES string of the molecule is C=O.CCCCCCCCCCCCCCCCCOS(=O)(=O)c1cccc2ccccc12.[NaH]. The number of unbranched alkanes of at least 4 members (excludes halogenated alkanes) is 14. The summed E-state index contributed by atoms with van der Waals surface area (Å²) in [5, 5.41) is 1.64. The topological polar surface area (TPSA) is 60.4 Å². The van der Waals surface area contributed by atoms with E-state index >= 15 is 0 Å². The molecule has 0 fully saturated rings. The molecule has 34 heavy (non-hydrogen) atoms. The molecule has 6 heteroatoms. The molecule has 0 heterocycles. The minimum absolute atomic E-state index is 0. The van der Waals surface area contributed by atoms with Crippen LogP contribution in [0.5, 0.6) is 0 Å². The van der Waals surface area contributed by atoms with E-state index in [2.05, 4.69) is 6.92 Å². The first-order chi connectivity index (χ1) is 16.1. The van der Waals surface area contributed by atoms with Gasteiger partial charge in [0.05, 0.1) is 6.61 Å². The zero-order valence-electron chi connectivity index (χ0n) is 20.6. The Bertz CT molecular complexity index is 849. The predicted molar refractivity (Wildman–Crippen MR) is 146 cm³/mol. The maximum absolute atomic E-state index is 12.6. The quantitative estimate of drug-likeness (QED) is 0.120. The average molecular weight is 501 g/mol. The third kappa shape index (κ3) is 14.0. The standard InChI is InChI=1S/C27H42O3S.CH2O.Na.H/c1-2-3-4-5-6-7-8-9-10-11-12-13-14-15-18-24-30-31(28,29)27-23-19-21-25-20-16-17-22-26(25)27;1-2;;/h16-17,19-23H,2-15,18,24H2,1H3;1H2;;. The molecule has 4 nitrogen and oxygen atoms in total. The van der Waals surface area contributed by atoms with Crippen LogP contribution < -0.4 is 0 Å². The van der Waals surface area contributed by atoms with Crippen LogP contribution in [0.3, 0.4) is 0 Å². The molecule has 0 spiro atoms. The van der Waals surface area contributed by atoms with Gasteiger partial charge in [-0.05, 0) is 17.9 Å². The summed E-state index contributed by atoms with van der Waals surface area (Å²) in [4.78, 5) is 8.27. The third-order valence-electron chi connectivity index (χ3n) is 6.01. The Kier molecular flexibility index (Phi) is 21.1. The molecule has 0 unspecified atom stereocenters. The molecule has 188 valence electrons. The molecular formula is C28H45NaO4S. The predicted octanol–water partition coefficient (Wildman–Crippen LogP) is 7.58. The summed E-state index contributed by atoms with van der Waals surface area (Å²) in [6.07, 6.45) is 19.4. The van der Waals surface area contributed by atoms with E-state index in [0.29, 0.717) is 0 Å². The number of fused-ring (bicyclic) bond motifs is 1. The maximum atomic E-state index is 12.6. The first-order valence-electron chi connectivity index (χ1n) is 12.8. The van der Waals surface area contributed by atoms with Crippen LogP contribution in [0.2, 0.25) is 0 Å². The van der Waals surface area contributed by atoms with Crippen molar-refractivity contribution in [2.45, 2.75) is 108 Å². The fourth-order valence-electron chi connectivity index (χ4n) is 4.12. The Labute approximate surface area is 230 Å². The second-order valence-corrected chi connectivity index (χ2v) is 10.3. The van der Waals surface area contributed by atoms with E-state index in [0.717, 1.165) is 30.0 Å². The van der Waals surface area contributed by atoms with Gasteiger partial charge in [0.25, 0.3) is 10.1 Å². The van der Waals surface area contributed by atoms with Gasteiger partial charge < -0.3 is 4.79 Å². The van der Waals surface area contributed by atoms with Crippen molar-refractivity contribution in [3.05, 3.63) is 42.5 Å². The third-order valence-corrected chi connectivity index (χ3v) is 7.38. The fraction of sp³-hybridized carbons (Fsp3) is 0.607. The normalized spacial score (nSPS) is 11.0. The van der Waals surface area contributed by atoms with Gasteiger partial charge in [-0.3, -0.25) is 4.18 Å². The molecule has 0 saturated heterocycles. The second kappa shape index (κ2) is 21.6. The minimum atomic E-state index is -3.71. The first-order valence-corrected chi connectivity index (χ1v) is 14.2. The first kappa shape index (κ1) is 33.3. The molecule has 2 aromatic rings. The van der Waals surface area contributed by atoms with Crippen LogP contribution in [0.15, 0.2) is 47.4 Å². The summed E-state index contributed by atoms with van der Waals surface area (Å²) in [6.45, 7) is 4.54. The molecule has 0 amide bonds. The zero-order valence-corrected chi connectivity index (χ0v) is 21.4. The van der Waals surface area contributed by atoms with Gasteiger partial charge in [0, 0.05) is 5.39 Å². The zero-order chi connectivity index (χ0) is 24.2. The van der Waals surface area contributed by atoms with Crippen molar-refractivity contribution in [1.29, 1.82) is 0 Å². The Hall–Kier alpha value is -0.720. The van der Waals surface area contributed by atoms with Crippen molar-refractivity contribution in [3.63, 3.8) is 0 Å². The van der Waals surface area contributed by atoms with E-state index < -0.39 is 10.1 Å². The van der Waals surface area contributed by atoms with Gasteiger partial charge in [-0.15, -0.1) is 0 Å². The van der Waals surface area contributed by atoms with Crippen LogP contribution in [-0.4, -0.2) is 51.4 Å². The Morgan fingerprint density at radius 1 is 0.647 bits per heavy atom. The van der Waals surface area contributed by atoms with Crippen LogP contribution in [-0.2, 0) is 19.1 Å². The summed E-state index contributed by atoms with van der Waals surface area (Å²) in [7, 11) is -3.71. The van der Waals surface area contributed by atoms with Gasteiger partial charge >= 0.3 is 29.6 Å². The van der Waals surface area contributed by atoms with Crippen molar-refractivity contribution >= 4 is 57.2 Å². The van der Waals surface area contributed by atoms with E-state index in [-0.39, 0.29) is 41.1 Å². The van der Waals surface area contributed by atoms with Gasteiger partial charge in [0.1, 0.15) is 11.7 Å². The van der Waals surface area contributed by atoms with Crippen LogP contribution >= 0.6 is 0 Å². The number of carbonyl (C=O) groups is 1. The number of rotatable bonds is 18. The molecule has 0 aliphatic carbocycles. The Morgan fingerprint density at radius 2 is 1.09 bits per heavy atom. The number of carbonyl (C=O) groups excluding carboxylic acids is 1. The Balaban J connectivity index is 0.00000353. The fourth-order valence-corrected chi connectivity index (χ4v) is 5.28. The molecule has 2 rings (SSSR count). The van der Waals surface area contributed by atoms with Crippen LogP contribution in [0.4, 0.5) is 0 Å². The van der Waals surface area contributed by atoms with Crippen molar-refractivity contribution < 1.29 is 17.4 Å². The average Bonchev–Trinajstić information content (AvgIpc) is 2.84. The molecule has 0 N–H and O–H groups in total. The van der Waals surface area contributed by atoms with Gasteiger partial charge in [-0.25, -0.2) is 0 Å². The molecule has 0 radical (unpaired) electrons. The molecule has 2 aromatic carbocycles. The van der Waals surface area contributed by atoms with Gasteiger partial charge in [-0.1, -0.05) is 133 Å². The van der Waals surface area contributed by atoms with E-state index in [9.17, 15) is 8.42 Å². The number of hydrogen-bond acceptors (Lipinski definition) is 4. The Morgan fingerprint density at radius 3 is 1.62 bits per heavy atom. The molecule has 0 atom stereocenters. The molecule has 0 bridgehead atoms. The van der Waals surface area contributed by atoms with Crippen LogP contribution in [0, 0.1) is 0 Å². The summed E-state index contributed by atoms with van der Waals surface area (Å²) in [6, 6.07) is 12.8. The summed E-state index contributed by atoms with van der Waals surface area (Å²) in [5.74, 6) is 0. The van der Waals surface area contributed by atoms with Gasteiger partial charge in [-0.2, -0.15) is 8.42 Å². The van der Waals surface area contributed by atoms with Gasteiger partial charge in [0.15, 0.2) is 0 Å². The van der Waals surface area contributed by atoms with Crippen molar-refractivity contribution in [3.8, 4) is 0 Å². The van der Waals surface area contributed by atoms with E-state index in [4.69, 9.17) is 8.98 Å². The second-order valence-electron chi connectivity index (χ2n) is 8.70. The molecule has 0 aliphatic heterocycles. The van der Waals surface area contributed by atoms with Crippen molar-refractivity contribution in [2.24, 2.45) is 0 Å². The number of benzene rings is 2. The molecule has 0 aliphatic rings. The van der Waals surface area contributed by atoms with E-state index in [1.807, 2.05) is 37.1 Å². The summed E-state index contributed by atoms with van der Waals surface area (Å²) >= 11 is 0.